The van der Waals surface area contributed by atoms with Crippen LogP contribution in [0.2, 0.25) is 0 Å². The Morgan fingerprint density at radius 1 is 1.28 bits per heavy atom. The van der Waals surface area contributed by atoms with Crippen molar-refractivity contribution in [1.29, 1.82) is 0 Å². The molecule has 1 aromatic carbocycles. The molecular weight excluding hydrogens is 248 g/mol. The third kappa shape index (κ3) is 2.84. The average molecular weight is 270 g/mol. The molecule has 0 saturated carbocycles. The first-order chi connectivity index (χ1) is 8.17. The Kier molecular flexibility index (Phi) is 4.40. The topological polar surface area (TPSA) is 63.4 Å². The van der Waals surface area contributed by atoms with E-state index in [1.165, 1.54) is 4.31 Å². The van der Waals surface area contributed by atoms with Gasteiger partial charge in [0.25, 0.3) is 0 Å². The molecule has 0 saturated heterocycles. The third-order valence-corrected chi connectivity index (χ3v) is 4.96. The van der Waals surface area contributed by atoms with Crippen LogP contribution in [0.4, 0.5) is 5.69 Å². The molecule has 1 aromatic rings. The molecule has 0 amide bonds. The highest BCUT2D eigenvalue weighted by Crippen LogP contribution is 2.26. The van der Waals surface area contributed by atoms with E-state index in [9.17, 15) is 8.42 Å². The molecule has 0 bridgehead atoms. The second kappa shape index (κ2) is 5.28. The minimum Gasteiger partial charge on any atom is -0.398 e. The number of nitrogens with zero attached hydrogens (tertiary/aromatic N) is 1. The van der Waals surface area contributed by atoms with Crippen molar-refractivity contribution in [3.8, 4) is 0 Å². The summed E-state index contributed by atoms with van der Waals surface area (Å²) in [6, 6.07) is 3.38. The summed E-state index contributed by atoms with van der Waals surface area (Å²) < 4.78 is 26.2. The van der Waals surface area contributed by atoms with Gasteiger partial charge in [-0.05, 0) is 37.0 Å². The molecular formula is C13H22N2O2S. The minimum atomic E-state index is -3.45. The molecule has 0 heterocycles. The van der Waals surface area contributed by atoms with E-state index in [0.29, 0.717) is 22.7 Å². The molecule has 18 heavy (non-hydrogen) atoms. The van der Waals surface area contributed by atoms with Crippen molar-refractivity contribution in [3.05, 3.63) is 23.3 Å². The van der Waals surface area contributed by atoms with Gasteiger partial charge in [-0.2, -0.15) is 0 Å². The van der Waals surface area contributed by atoms with E-state index in [1.807, 2.05) is 20.8 Å². The summed E-state index contributed by atoms with van der Waals surface area (Å²) in [7, 11) is -1.85. The van der Waals surface area contributed by atoms with Crippen LogP contribution in [-0.4, -0.2) is 26.3 Å². The van der Waals surface area contributed by atoms with Crippen molar-refractivity contribution in [1.82, 2.24) is 4.31 Å². The van der Waals surface area contributed by atoms with Crippen LogP contribution >= 0.6 is 0 Å². The zero-order valence-corrected chi connectivity index (χ0v) is 12.5. The largest absolute Gasteiger partial charge is 0.398 e. The fraction of sp³-hybridized carbons (Fsp3) is 0.538. The molecule has 102 valence electrons. The molecule has 0 radical (unpaired) electrons. The highest BCUT2D eigenvalue weighted by atomic mass is 32.2. The summed E-state index contributed by atoms with van der Waals surface area (Å²) in [5, 5.41) is 0. The van der Waals surface area contributed by atoms with Gasteiger partial charge in [0.1, 0.15) is 0 Å². The van der Waals surface area contributed by atoms with Crippen LogP contribution in [-0.2, 0) is 10.0 Å². The van der Waals surface area contributed by atoms with E-state index in [4.69, 9.17) is 5.73 Å². The second-order valence-corrected chi connectivity index (χ2v) is 7.11. The van der Waals surface area contributed by atoms with Gasteiger partial charge in [-0.3, -0.25) is 0 Å². The SMILES string of the molecule is Cc1ccc(S(=O)(=O)N(C)CC(C)C)c(C)c1N. The maximum Gasteiger partial charge on any atom is 0.243 e. The van der Waals surface area contributed by atoms with Gasteiger partial charge in [-0.1, -0.05) is 19.9 Å². The first kappa shape index (κ1) is 15.0. The van der Waals surface area contributed by atoms with E-state index >= 15 is 0 Å². The molecule has 0 fully saturated rings. The van der Waals surface area contributed by atoms with Crippen molar-refractivity contribution < 1.29 is 8.42 Å². The molecule has 0 aliphatic carbocycles. The molecule has 5 heteroatoms. The second-order valence-electron chi connectivity index (χ2n) is 5.10. The van der Waals surface area contributed by atoms with E-state index in [-0.39, 0.29) is 5.92 Å². The maximum atomic E-state index is 12.4. The van der Waals surface area contributed by atoms with Gasteiger partial charge in [0.2, 0.25) is 10.0 Å². The highest BCUT2D eigenvalue weighted by Gasteiger charge is 2.24. The van der Waals surface area contributed by atoms with Crippen molar-refractivity contribution in [2.45, 2.75) is 32.6 Å². The number of sulfonamides is 1. The van der Waals surface area contributed by atoms with Crippen LogP contribution in [0.15, 0.2) is 17.0 Å². The molecule has 0 aliphatic rings. The van der Waals surface area contributed by atoms with Gasteiger partial charge in [0.15, 0.2) is 0 Å². The Morgan fingerprint density at radius 3 is 2.33 bits per heavy atom. The molecule has 0 atom stereocenters. The number of hydrogen-bond acceptors (Lipinski definition) is 3. The van der Waals surface area contributed by atoms with Crippen molar-refractivity contribution in [2.24, 2.45) is 5.92 Å². The minimum absolute atomic E-state index is 0.285. The zero-order chi connectivity index (χ0) is 14.1. The van der Waals surface area contributed by atoms with Gasteiger partial charge in [-0.15, -0.1) is 0 Å². The average Bonchev–Trinajstić information content (AvgIpc) is 2.24. The van der Waals surface area contributed by atoms with E-state index < -0.39 is 10.0 Å². The van der Waals surface area contributed by atoms with Gasteiger partial charge < -0.3 is 5.73 Å². The first-order valence-corrected chi connectivity index (χ1v) is 7.44. The normalized spacial score (nSPS) is 12.4. The van der Waals surface area contributed by atoms with Crippen LogP contribution in [0.25, 0.3) is 0 Å². The summed E-state index contributed by atoms with van der Waals surface area (Å²) in [5.41, 5.74) is 7.98. The van der Waals surface area contributed by atoms with Crippen LogP contribution < -0.4 is 5.73 Å². The van der Waals surface area contributed by atoms with Crippen molar-refractivity contribution in [3.63, 3.8) is 0 Å². The molecule has 0 unspecified atom stereocenters. The van der Waals surface area contributed by atoms with Gasteiger partial charge in [0, 0.05) is 19.3 Å². The molecule has 4 nitrogen and oxygen atoms in total. The highest BCUT2D eigenvalue weighted by molar-refractivity contribution is 7.89. The number of hydrogen-bond donors (Lipinski definition) is 1. The zero-order valence-electron chi connectivity index (χ0n) is 11.7. The summed E-state index contributed by atoms with van der Waals surface area (Å²) in [4.78, 5) is 0.300. The number of nitrogen functional groups attached to an aromatic ring is 1. The quantitative estimate of drug-likeness (QED) is 0.853. The summed E-state index contributed by atoms with van der Waals surface area (Å²) in [5.74, 6) is 0.285. The summed E-state index contributed by atoms with van der Waals surface area (Å²) in [6.07, 6.45) is 0. The van der Waals surface area contributed by atoms with Gasteiger partial charge in [-0.25, -0.2) is 12.7 Å². The molecule has 0 aliphatic heterocycles. The lowest BCUT2D eigenvalue weighted by atomic mass is 10.1. The van der Waals surface area contributed by atoms with Gasteiger partial charge >= 0.3 is 0 Å². The Hall–Kier alpha value is -1.07. The Labute approximate surface area is 110 Å². The van der Waals surface area contributed by atoms with Gasteiger partial charge in [0.05, 0.1) is 4.90 Å². The van der Waals surface area contributed by atoms with Crippen LogP contribution in [0.1, 0.15) is 25.0 Å². The molecule has 0 aromatic heterocycles. The van der Waals surface area contributed by atoms with E-state index in [1.54, 1.807) is 26.1 Å². The fourth-order valence-corrected chi connectivity index (χ4v) is 3.47. The Balaban J connectivity index is 3.25. The number of anilines is 1. The number of nitrogens with two attached hydrogens (primary N) is 1. The van der Waals surface area contributed by atoms with Crippen LogP contribution in [0.3, 0.4) is 0 Å². The Morgan fingerprint density at radius 2 is 1.83 bits per heavy atom. The first-order valence-electron chi connectivity index (χ1n) is 6.00. The predicted molar refractivity (Wildman–Crippen MR) is 75.0 cm³/mol. The number of rotatable bonds is 4. The summed E-state index contributed by atoms with van der Waals surface area (Å²) >= 11 is 0. The predicted octanol–water partition coefficient (Wildman–Crippen LogP) is 2.16. The number of benzene rings is 1. The molecule has 0 spiro atoms. The van der Waals surface area contributed by atoms with Crippen LogP contribution in [0.5, 0.6) is 0 Å². The lowest BCUT2D eigenvalue weighted by molar-refractivity contribution is 0.417. The van der Waals surface area contributed by atoms with Crippen LogP contribution in [0, 0.1) is 19.8 Å². The standard InChI is InChI=1S/C13H22N2O2S/c1-9(2)8-15(5)18(16,17)12-7-6-10(3)13(14)11(12)4/h6-7,9H,8,14H2,1-5H3. The monoisotopic (exact) mass is 270 g/mol. The summed E-state index contributed by atoms with van der Waals surface area (Å²) in [6.45, 7) is 8.09. The lowest BCUT2D eigenvalue weighted by Gasteiger charge is -2.21. The lowest BCUT2D eigenvalue weighted by Crippen LogP contribution is -2.31. The van der Waals surface area contributed by atoms with E-state index in [0.717, 1.165) is 5.56 Å². The molecule has 2 N–H and O–H groups in total. The van der Waals surface area contributed by atoms with Crippen molar-refractivity contribution in [2.75, 3.05) is 19.3 Å². The Bertz CT molecular complexity index is 536. The third-order valence-electron chi connectivity index (χ3n) is 2.99. The number of aryl methyl sites for hydroxylation is 1. The maximum absolute atomic E-state index is 12.4. The van der Waals surface area contributed by atoms with Crippen molar-refractivity contribution >= 4 is 15.7 Å². The molecule has 1 rings (SSSR count). The smallest absolute Gasteiger partial charge is 0.243 e. The van der Waals surface area contributed by atoms with E-state index in [2.05, 4.69) is 0 Å². The fourth-order valence-electron chi connectivity index (χ4n) is 1.90.